The van der Waals surface area contributed by atoms with Crippen LogP contribution < -0.4 is 9.80 Å². The van der Waals surface area contributed by atoms with E-state index in [0.29, 0.717) is 0 Å². The van der Waals surface area contributed by atoms with Gasteiger partial charge in [-0.3, -0.25) is 0 Å². The van der Waals surface area contributed by atoms with Crippen LogP contribution in [0.5, 0.6) is 0 Å². The van der Waals surface area contributed by atoms with Crippen molar-refractivity contribution in [2.75, 3.05) is 9.80 Å². The van der Waals surface area contributed by atoms with Gasteiger partial charge in [-0.1, -0.05) is 54.6 Å². The van der Waals surface area contributed by atoms with Crippen molar-refractivity contribution in [1.29, 1.82) is 0 Å². The molecule has 0 atom stereocenters. The summed E-state index contributed by atoms with van der Waals surface area (Å²) < 4.78 is 1.07. The molecule has 0 aromatic heterocycles. The summed E-state index contributed by atoms with van der Waals surface area (Å²) in [6.45, 7) is 2.17. The van der Waals surface area contributed by atoms with Crippen molar-refractivity contribution in [2.24, 2.45) is 0 Å². The molecule has 0 amide bonds. The van der Waals surface area contributed by atoms with E-state index in [1.165, 1.54) is 22.6 Å². The number of para-hydroxylation sites is 6. The van der Waals surface area contributed by atoms with Gasteiger partial charge >= 0.3 is 0 Å². The zero-order valence-corrected chi connectivity index (χ0v) is 17.1. The molecule has 4 aromatic rings. The first-order valence-electron chi connectivity index (χ1n) is 9.34. The lowest BCUT2D eigenvalue weighted by Gasteiger charge is -2.41. The standard InChI is InChI=1S/C25H19BrN2/c1-18-10-2-4-12-20(18)27-22-14-6-8-16-24(22)28(21-13-5-3-11-19(21)26)25-17-9-7-15-23(25)27/h2-17H,1H3. The predicted octanol–water partition coefficient (Wildman–Crippen LogP) is 8.01. The number of fused-ring (bicyclic) bond motifs is 2. The average molecular weight is 427 g/mol. The fourth-order valence-electron chi connectivity index (χ4n) is 3.91. The molecule has 0 unspecified atom stereocenters. The molecule has 1 heterocycles. The van der Waals surface area contributed by atoms with E-state index in [9.17, 15) is 0 Å². The quantitative estimate of drug-likeness (QED) is 0.282. The Labute approximate surface area is 173 Å². The van der Waals surface area contributed by atoms with Crippen LogP contribution in [-0.4, -0.2) is 0 Å². The summed E-state index contributed by atoms with van der Waals surface area (Å²) in [5, 5.41) is 0. The second kappa shape index (κ2) is 6.84. The second-order valence-electron chi connectivity index (χ2n) is 6.89. The van der Waals surface area contributed by atoms with Gasteiger partial charge in [-0.25, -0.2) is 0 Å². The number of halogens is 1. The smallest absolute Gasteiger partial charge is 0.0703 e. The first-order chi connectivity index (χ1) is 13.8. The van der Waals surface area contributed by atoms with E-state index in [0.717, 1.165) is 21.5 Å². The van der Waals surface area contributed by atoms with Crippen LogP contribution in [0, 0.1) is 6.92 Å². The van der Waals surface area contributed by atoms with Crippen LogP contribution >= 0.6 is 15.9 Å². The van der Waals surface area contributed by atoms with Crippen LogP contribution in [0.1, 0.15) is 5.56 Å². The fraction of sp³-hybridized carbons (Fsp3) is 0.0400. The third-order valence-corrected chi connectivity index (χ3v) is 5.85. The Balaban J connectivity index is 1.83. The number of hydrogen-bond donors (Lipinski definition) is 0. The third-order valence-electron chi connectivity index (χ3n) is 5.18. The first kappa shape index (κ1) is 17.1. The maximum absolute atomic E-state index is 3.75. The van der Waals surface area contributed by atoms with E-state index in [1.54, 1.807) is 0 Å². The van der Waals surface area contributed by atoms with Crippen LogP contribution in [0.3, 0.4) is 0 Å². The van der Waals surface area contributed by atoms with Crippen molar-refractivity contribution >= 4 is 50.1 Å². The first-order valence-corrected chi connectivity index (χ1v) is 10.1. The summed E-state index contributed by atoms with van der Waals surface area (Å²) in [6, 6.07) is 34.1. The largest absolute Gasteiger partial charge is 0.306 e. The minimum absolute atomic E-state index is 1.07. The molecular weight excluding hydrogens is 408 g/mol. The van der Waals surface area contributed by atoms with Crippen molar-refractivity contribution in [2.45, 2.75) is 6.92 Å². The minimum atomic E-state index is 1.07. The Hall–Kier alpha value is -3.04. The molecule has 1 aliphatic heterocycles. The highest BCUT2D eigenvalue weighted by Crippen LogP contribution is 2.55. The molecule has 1 aliphatic rings. The molecule has 28 heavy (non-hydrogen) atoms. The van der Waals surface area contributed by atoms with Gasteiger partial charge in [-0.15, -0.1) is 0 Å². The molecule has 0 aliphatic carbocycles. The molecule has 0 saturated heterocycles. The molecule has 3 heteroatoms. The van der Waals surface area contributed by atoms with Gasteiger partial charge in [0.15, 0.2) is 0 Å². The maximum Gasteiger partial charge on any atom is 0.0703 e. The Morgan fingerprint density at radius 1 is 0.464 bits per heavy atom. The monoisotopic (exact) mass is 426 g/mol. The lowest BCUT2D eigenvalue weighted by atomic mass is 10.0. The molecule has 136 valence electrons. The topological polar surface area (TPSA) is 6.48 Å². The number of hydrogen-bond acceptors (Lipinski definition) is 2. The summed E-state index contributed by atoms with van der Waals surface area (Å²) in [5.74, 6) is 0. The summed E-state index contributed by atoms with van der Waals surface area (Å²) in [7, 11) is 0. The van der Waals surface area contributed by atoms with Crippen molar-refractivity contribution < 1.29 is 0 Å². The van der Waals surface area contributed by atoms with Crippen LogP contribution in [0.2, 0.25) is 0 Å². The zero-order valence-electron chi connectivity index (χ0n) is 15.5. The van der Waals surface area contributed by atoms with Gasteiger partial charge in [0.25, 0.3) is 0 Å². The summed E-state index contributed by atoms with van der Waals surface area (Å²) >= 11 is 3.75. The Morgan fingerprint density at radius 3 is 1.29 bits per heavy atom. The minimum Gasteiger partial charge on any atom is -0.306 e. The summed E-state index contributed by atoms with van der Waals surface area (Å²) in [4.78, 5) is 4.71. The summed E-state index contributed by atoms with van der Waals surface area (Å²) in [5.41, 5.74) is 8.26. The third kappa shape index (κ3) is 2.62. The average Bonchev–Trinajstić information content (AvgIpc) is 2.73. The van der Waals surface area contributed by atoms with E-state index >= 15 is 0 Å². The van der Waals surface area contributed by atoms with Gasteiger partial charge < -0.3 is 9.80 Å². The number of rotatable bonds is 2. The van der Waals surface area contributed by atoms with Gasteiger partial charge in [-0.2, -0.15) is 0 Å². The molecule has 4 aromatic carbocycles. The molecule has 0 fully saturated rings. The predicted molar refractivity (Wildman–Crippen MR) is 122 cm³/mol. The molecular formula is C25H19BrN2. The highest BCUT2D eigenvalue weighted by molar-refractivity contribution is 9.10. The van der Waals surface area contributed by atoms with Gasteiger partial charge in [0.2, 0.25) is 0 Å². The van der Waals surface area contributed by atoms with Crippen LogP contribution in [-0.2, 0) is 0 Å². The van der Waals surface area contributed by atoms with E-state index in [2.05, 4.69) is 130 Å². The van der Waals surface area contributed by atoms with E-state index in [-0.39, 0.29) is 0 Å². The molecule has 2 nitrogen and oxygen atoms in total. The van der Waals surface area contributed by atoms with Gasteiger partial charge in [0.05, 0.1) is 28.4 Å². The normalized spacial score (nSPS) is 12.5. The second-order valence-corrected chi connectivity index (χ2v) is 7.74. The van der Waals surface area contributed by atoms with E-state index < -0.39 is 0 Å². The van der Waals surface area contributed by atoms with Crippen LogP contribution in [0.25, 0.3) is 0 Å². The van der Waals surface area contributed by atoms with Crippen LogP contribution in [0.4, 0.5) is 34.1 Å². The Bertz CT molecular complexity index is 1030. The number of nitrogens with zero attached hydrogens (tertiary/aromatic N) is 2. The fourth-order valence-corrected chi connectivity index (χ4v) is 4.37. The molecule has 0 spiro atoms. The van der Waals surface area contributed by atoms with Crippen molar-refractivity contribution in [3.63, 3.8) is 0 Å². The van der Waals surface area contributed by atoms with E-state index in [4.69, 9.17) is 0 Å². The van der Waals surface area contributed by atoms with Crippen LogP contribution in [0.15, 0.2) is 102 Å². The van der Waals surface area contributed by atoms with E-state index in [1.807, 2.05) is 0 Å². The number of anilines is 6. The molecule has 5 rings (SSSR count). The Kier molecular flexibility index (Phi) is 4.18. The highest BCUT2D eigenvalue weighted by Gasteiger charge is 2.31. The summed E-state index contributed by atoms with van der Waals surface area (Å²) in [6.07, 6.45) is 0. The Morgan fingerprint density at radius 2 is 0.821 bits per heavy atom. The molecule has 0 N–H and O–H groups in total. The lowest BCUT2D eigenvalue weighted by Crippen LogP contribution is -2.24. The lowest BCUT2D eigenvalue weighted by molar-refractivity contribution is 1.16. The molecule has 0 bridgehead atoms. The molecule has 0 saturated carbocycles. The number of aryl methyl sites for hydroxylation is 1. The SMILES string of the molecule is Cc1ccccc1N1c2ccccc2N(c2ccccc2Br)c2ccccc21. The highest BCUT2D eigenvalue weighted by atomic mass is 79.9. The van der Waals surface area contributed by atoms with Gasteiger partial charge in [-0.05, 0) is 70.9 Å². The number of benzene rings is 4. The van der Waals surface area contributed by atoms with Crippen molar-refractivity contribution in [3.05, 3.63) is 107 Å². The van der Waals surface area contributed by atoms with Crippen molar-refractivity contribution in [3.8, 4) is 0 Å². The van der Waals surface area contributed by atoms with Gasteiger partial charge in [0.1, 0.15) is 0 Å². The molecule has 0 radical (unpaired) electrons. The van der Waals surface area contributed by atoms with Gasteiger partial charge in [0, 0.05) is 10.2 Å². The van der Waals surface area contributed by atoms with Crippen molar-refractivity contribution in [1.82, 2.24) is 0 Å². The maximum atomic E-state index is 3.75. The zero-order chi connectivity index (χ0) is 19.1.